The van der Waals surface area contributed by atoms with E-state index in [2.05, 4.69) is 11.9 Å². The third kappa shape index (κ3) is 5.26. The molecule has 4 nitrogen and oxygen atoms in total. The molecular weight excluding hydrogens is 338 g/mol. The Morgan fingerprint density at radius 1 is 1.28 bits per heavy atom. The van der Waals surface area contributed by atoms with Crippen LogP contribution in [0.1, 0.15) is 18.1 Å². The van der Waals surface area contributed by atoms with E-state index in [1.165, 1.54) is 0 Å². The van der Waals surface area contributed by atoms with Crippen LogP contribution in [0.2, 0.25) is 5.02 Å². The summed E-state index contributed by atoms with van der Waals surface area (Å²) in [6.07, 6.45) is 1.89. The monoisotopic (exact) mass is 359 g/mol. The smallest absolute Gasteiger partial charge is 0.261 e. The zero-order valence-corrected chi connectivity index (χ0v) is 15.2. The van der Waals surface area contributed by atoms with Crippen molar-refractivity contribution in [3.8, 4) is 11.5 Å². The number of hydrogen-bond acceptors (Lipinski definition) is 3. The molecule has 0 fully saturated rings. The molecule has 0 spiro atoms. The fourth-order valence-electron chi connectivity index (χ4n) is 2.31. The van der Waals surface area contributed by atoms with Crippen molar-refractivity contribution < 1.29 is 14.3 Å². The fraction of sp³-hybridized carbons (Fsp3) is 0.250. The van der Waals surface area contributed by atoms with Crippen LogP contribution < -0.4 is 14.8 Å². The van der Waals surface area contributed by atoms with Crippen LogP contribution in [-0.4, -0.2) is 19.1 Å². The van der Waals surface area contributed by atoms with E-state index in [1.54, 1.807) is 26.2 Å². The molecule has 1 unspecified atom stereocenters. The van der Waals surface area contributed by atoms with Gasteiger partial charge in [-0.15, -0.1) is 6.58 Å². The summed E-state index contributed by atoms with van der Waals surface area (Å²) in [7, 11) is 1.57. The number of benzene rings is 2. The Labute approximate surface area is 153 Å². The quantitative estimate of drug-likeness (QED) is 0.720. The van der Waals surface area contributed by atoms with Gasteiger partial charge in [0.25, 0.3) is 5.91 Å². The minimum absolute atomic E-state index is 0.225. The fourth-order valence-corrected chi connectivity index (χ4v) is 2.52. The van der Waals surface area contributed by atoms with Crippen molar-refractivity contribution in [3.05, 3.63) is 71.3 Å². The largest absolute Gasteiger partial charge is 0.493 e. The molecule has 2 aromatic carbocycles. The summed E-state index contributed by atoms with van der Waals surface area (Å²) >= 11 is 6.09. The molecule has 0 radical (unpaired) electrons. The van der Waals surface area contributed by atoms with Crippen LogP contribution in [0, 0.1) is 0 Å². The lowest BCUT2D eigenvalue weighted by atomic mass is 10.1. The van der Waals surface area contributed by atoms with E-state index in [4.69, 9.17) is 21.1 Å². The normalized spacial score (nSPS) is 11.5. The molecule has 0 saturated heterocycles. The predicted molar refractivity (Wildman–Crippen MR) is 100 cm³/mol. The number of nitrogens with one attached hydrogen (secondary N) is 1. The SMILES string of the molecule is C=CCc1ccc(OC(C)C(=O)NCc2ccccc2Cl)c(OC)c1. The van der Waals surface area contributed by atoms with Gasteiger partial charge in [0, 0.05) is 11.6 Å². The first-order valence-corrected chi connectivity index (χ1v) is 8.38. The molecule has 132 valence electrons. The van der Waals surface area contributed by atoms with Gasteiger partial charge in [-0.2, -0.15) is 0 Å². The van der Waals surface area contributed by atoms with Crippen LogP contribution in [0.5, 0.6) is 11.5 Å². The van der Waals surface area contributed by atoms with Crippen LogP contribution in [0.4, 0.5) is 0 Å². The second-order valence-corrected chi connectivity index (χ2v) is 5.95. The van der Waals surface area contributed by atoms with Crippen LogP contribution in [0.15, 0.2) is 55.1 Å². The lowest BCUT2D eigenvalue weighted by molar-refractivity contribution is -0.127. The van der Waals surface area contributed by atoms with Gasteiger partial charge in [0.15, 0.2) is 17.6 Å². The van der Waals surface area contributed by atoms with E-state index in [-0.39, 0.29) is 5.91 Å². The number of methoxy groups -OCH3 is 1. The Bertz CT molecular complexity index is 745. The van der Waals surface area contributed by atoms with Gasteiger partial charge in [0.2, 0.25) is 0 Å². The Balaban J connectivity index is 1.98. The molecule has 0 saturated carbocycles. The molecule has 1 atom stereocenters. The van der Waals surface area contributed by atoms with Gasteiger partial charge >= 0.3 is 0 Å². The van der Waals surface area contributed by atoms with Crippen molar-refractivity contribution in [2.75, 3.05) is 7.11 Å². The van der Waals surface area contributed by atoms with Gasteiger partial charge in [-0.05, 0) is 42.7 Å². The van der Waals surface area contributed by atoms with Gasteiger partial charge < -0.3 is 14.8 Å². The molecule has 0 heterocycles. The standard InChI is InChI=1S/C20H22ClNO3/c1-4-7-15-10-11-18(19(12-15)24-3)25-14(2)20(23)22-13-16-8-5-6-9-17(16)21/h4-6,8-12,14H,1,7,13H2,2-3H3,(H,22,23). The van der Waals surface area contributed by atoms with Gasteiger partial charge in [0.1, 0.15) is 0 Å². The molecular formula is C20H22ClNO3. The summed E-state index contributed by atoms with van der Waals surface area (Å²) in [4.78, 5) is 12.3. The molecule has 2 rings (SSSR count). The van der Waals surface area contributed by atoms with Crippen LogP contribution in [0.25, 0.3) is 0 Å². The van der Waals surface area contributed by atoms with Crippen molar-refractivity contribution in [3.63, 3.8) is 0 Å². The summed E-state index contributed by atoms with van der Waals surface area (Å²) in [5.41, 5.74) is 1.92. The number of rotatable bonds is 8. The maximum atomic E-state index is 12.3. The second kappa shape index (κ2) is 9.14. The molecule has 1 amide bonds. The minimum atomic E-state index is -0.665. The molecule has 0 aliphatic rings. The topological polar surface area (TPSA) is 47.6 Å². The Morgan fingerprint density at radius 3 is 2.72 bits per heavy atom. The Hall–Kier alpha value is -2.46. The van der Waals surface area contributed by atoms with Crippen molar-refractivity contribution in [2.45, 2.75) is 26.0 Å². The summed E-state index contributed by atoms with van der Waals surface area (Å²) in [5.74, 6) is 0.887. The highest BCUT2D eigenvalue weighted by Crippen LogP contribution is 2.29. The lowest BCUT2D eigenvalue weighted by Crippen LogP contribution is -2.36. The summed E-state index contributed by atoms with van der Waals surface area (Å²) < 4.78 is 11.1. The van der Waals surface area contributed by atoms with E-state index < -0.39 is 6.10 Å². The zero-order chi connectivity index (χ0) is 18.2. The summed E-state index contributed by atoms with van der Waals surface area (Å²) in [5, 5.41) is 3.45. The van der Waals surface area contributed by atoms with Crippen LogP contribution >= 0.6 is 11.6 Å². The first-order chi connectivity index (χ1) is 12.0. The third-order valence-corrected chi connectivity index (χ3v) is 4.06. The molecule has 0 aromatic heterocycles. The number of hydrogen-bond donors (Lipinski definition) is 1. The van der Waals surface area contributed by atoms with E-state index in [0.29, 0.717) is 23.1 Å². The lowest BCUT2D eigenvalue weighted by Gasteiger charge is -2.17. The van der Waals surface area contributed by atoms with E-state index in [0.717, 1.165) is 17.5 Å². The number of allylic oxidation sites excluding steroid dienone is 1. The van der Waals surface area contributed by atoms with Gasteiger partial charge in [-0.1, -0.05) is 41.9 Å². The van der Waals surface area contributed by atoms with Gasteiger partial charge in [-0.3, -0.25) is 4.79 Å². The van der Waals surface area contributed by atoms with Crippen molar-refractivity contribution in [1.29, 1.82) is 0 Å². The number of carbonyl (C=O) groups excluding carboxylic acids is 1. The third-order valence-electron chi connectivity index (χ3n) is 3.69. The Morgan fingerprint density at radius 2 is 2.04 bits per heavy atom. The summed E-state index contributed by atoms with van der Waals surface area (Å²) in [6.45, 7) is 5.76. The van der Waals surface area contributed by atoms with Crippen LogP contribution in [0.3, 0.4) is 0 Å². The molecule has 1 N–H and O–H groups in total. The van der Waals surface area contributed by atoms with Gasteiger partial charge in [-0.25, -0.2) is 0 Å². The van der Waals surface area contributed by atoms with E-state index >= 15 is 0 Å². The molecule has 2 aromatic rings. The van der Waals surface area contributed by atoms with E-state index in [1.807, 2.05) is 36.4 Å². The maximum Gasteiger partial charge on any atom is 0.261 e. The number of halogens is 1. The number of ether oxygens (including phenoxy) is 2. The van der Waals surface area contributed by atoms with Gasteiger partial charge in [0.05, 0.1) is 7.11 Å². The highest BCUT2D eigenvalue weighted by Gasteiger charge is 2.17. The van der Waals surface area contributed by atoms with Crippen molar-refractivity contribution in [2.24, 2.45) is 0 Å². The molecule has 0 aliphatic carbocycles. The second-order valence-electron chi connectivity index (χ2n) is 5.55. The zero-order valence-electron chi connectivity index (χ0n) is 14.4. The summed E-state index contributed by atoms with van der Waals surface area (Å²) in [6, 6.07) is 13.0. The van der Waals surface area contributed by atoms with Crippen molar-refractivity contribution in [1.82, 2.24) is 5.32 Å². The first-order valence-electron chi connectivity index (χ1n) is 8.00. The average molecular weight is 360 g/mol. The van der Waals surface area contributed by atoms with Crippen molar-refractivity contribution >= 4 is 17.5 Å². The number of amides is 1. The molecule has 25 heavy (non-hydrogen) atoms. The maximum absolute atomic E-state index is 12.3. The molecule has 0 bridgehead atoms. The molecule has 5 heteroatoms. The average Bonchev–Trinajstić information content (AvgIpc) is 2.62. The number of carbonyl (C=O) groups is 1. The first kappa shape index (κ1) is 18.9. The Kier molecular flexibility index (Phi) is 6.90. The highest BCUT2D eigenvalue weighted by molar-refractivity contribution is 6.31. The highest BCUT2D eigenvalue weighted by atomic mass is 35.5. The molecule has 0 aliphatic heterocycles. The van der Waals surface area contributed by atoms with Crippen LogP contribution in [-0.2, 0) is 17.8 Å². The minimum Gasteiger partial charge on any atom is -0.493 e. The van der Waals surface area contributed by atoms with E-state index in [9.17, 15) is 4.79 Å². The predicted octanol–water partition coefficient (Wildman–Crippen LogP) is 4.16.